The molecule has 1 aromatic heterocycles. The summed E-state index contributed by atoms with van der Waals surface area (Å²) < 4.78 is 24.3. The van der Waals surface area contributed by atoms with Crippen LogP contribution in [0, 0.1) is 6.92 Å². The summed E-state index contributed by atoms with van der Waals surface area (Å²) in [6.45, 7) is 1.51. The number of pyridine rings is 1. The molecule has 2 nitrogen and oxygen atoms in total. The Morgan fingerprint density at radius 3 is 2.81 bits per heavy atom. The molecule has 1 N–H and O–H groups in total. The van der Waals surface area contributed by atoms with E-state index in [1.54, 1.807) is 6.07 Å². The number of halogens is 2. The highest BCUT2D eigenvalue weighted by Crippen LogP contribution is 2.22. The van der Waals surface area contributed by atoms with Crippen molar-refractivity contribution in [2.45, 2.75) is 13.3 Å². The number of benzene rings is 1. The van der Waals surface area contributed by atoms with Gasteiger partial charge in [-0.3, -0.25) is 4.98 Å². The second-order valence-corrected chi connectivity index (χ2v) is 3.60. The zero-order valence-corrected chi connectivity index (χ0v) is 8.87. The second-order valence-electron chi connectivity index (χ2n) is 3.60. The number of anilines is 1. The van der Waals surface area contributed by atoms with E-state index in [0.29, 0.717) is 5.69 Å². The van der Waals surface area contributed by atoms with E-state index in [1.807, 2.05) is 31.2 Å². The number of alkyl halides is 2. The van der Waals surface area contributed by atoms with Gasteiger partial charge in [-0.15, -0.1) is 0 Å². The Morgan fingerprint density at radius 2 is 2.06 bits per heavy atom. The summed E-state index contributed by atoms with van der Waals surface area (Å²) >= 11 is 0. The van der Waals surface area contributed by atoms with Crippen LogP contribution in [0.15, 0.2) is 30.3 Å². The molecule has 1 aromatic carbocycles. The molecule has 84 valence electrons. The van der Waals surface area contributed by atoms with Gasteiger partial charge in [0.1, 0.15) is 0 Å². The number of aryl methyl sites for hydroxylation is 1. The molecule has 0 spiro atoms. The molecule has 0 unspecified atom stereocenters. The van der Waals surface area contributed by atoms with Gasteiger partial charge in [-0.05, 0) is 19.1 Å². The van der Waals surface area contributed by atoms with Crippen molar-refractivity contribution in [3.8, 4) is 0 Å². The lowest BCUT2D eigenvalue weighted by Crippen LogP contribution is -2.10. The molecular weight excluding hydrogens is 210 g/mol. The van der Waals surface area contributed by atoms with Gasteiger partial charge < -0.3 is 5.32 Å². The summed E-state index contributed by atoms with van der Waals surface area (Å²) in [7, 11) is 0. The van der Waals surface area contributed by atoms with Gasteiger partial charge in [0.05, 0.1) is 12.1 Å². The van der Waals surface area contributed by atoms with E-state index < -0.39 is 6.43 Å². The number of para-hydroxylation sites is 1. The van der Waals surface area contributed by atoms with Crippen LogP contribution in [0.1, 0.15) is 5.69 Å². The SMILES string of the molecule is Cc1cc(NCC(F)F)c2ccccc2n1. The number of hydrogen-bond donors (Lipinski definition) is 1. The predicted molar refractivity (Wildman–Crippen MR) is 61.0 cm³/mol. The van der Waals surface area contributed by atoms with E-state index in [0.717, 1.165) is 16.6 Å². The fraction of sp³-hybridized carbons (Fsp3) is 0.250. The van der Waals surface area contributed by atoms with Gasteiger partial charge >= 0.3 is 0 Å². The van der Waals surface area contributed by atoms with Gasteiger partial charge in [-0.2, -0.15) is 0 Å². The van der Waals surface area contributed by atoms with Crippen molar-refractivity contribution in [2.24, 2.45) is 0 Å². The molecule has 0 amide bonds. The first-order valence-electron chi connectivity index (χ1n) is 5.05. The monoisotopic (exact) mass is 222 g/mol. The van der Waals surface area contributed by atoms with Crippen LogP contribution in [0.2, 0.25) is 0 Å². The first kappa shape index (κ1) is 10.8. The molecule has 0 atom stereocenters. The van der Waals surface area contributed by atoms with Crippen molar-refractivity contribution in [3.05, 3.63) is 36.0 Å². The van der Waals surface area contributed by atoms with Crippen LogP contribution in [-0.4, -0.2) is 18.0 Å². The van der Waals surface area contributed by atoms with E-state index in [1.165, 1.54) is 0 Å². The van der Waals surface area contributed by atoms with Gasteiger partial charge in [-0.25, -0.2) is 8.78 Å². The number of nitrogens with zero attached hydrogens (tertiary/aromatic N) is 1. The molecule has 4 heteroatoms. The van der Waals surface area contributed by atoms with Crippen molar-refractivity contribution in [1.82, 2.24) is 4.98 Å². The Labute approximate surface area is 92.3 Å². The van der Waals surface area contributed by atoms with Crippen LogP contribution >= 0.6 is 0 Å². The molecule has 0 saturated heterocycles. The topological polar surface area (TPSA) is 24.9 Å². The predicted octanol–water partition coefficient (Wildman–Crippen LogP) is 3.22. The zero-order chi connectivity index (χ0) is 11.5. The largest absolute Gasteiger partial charge is 0.379 e. The molecule has 2 aromatic rings. The molecule has 2 rings (SSSR count). The third-order valence-corrected chi connectivity index (χ3v) is 2.29. The number of hydrogen-bond acceptors (Lipinski definition) is 2. The highest BCUT2D eigenvalue weighted by Gasteiger charge is 2.06. The average Bonchev–Trinajstić information content (AvgIpc) is 2.25. The van der Waals surface area contributed by atoms with Crippen LogP contribution in [-0.2, 0) is 0 Å². The third-order valence-electron chi connectivity index (χ3n) is 2.29. The standard InChI is InChI=1S/C12H12F2N2/c1-8-6-11(15-7-12(13)14)9-4-2-3-5-10(9)16-8/h2-6,12H,7H2,1H3,(H,15,16). The summed E-state index contributed by atoms with van der Waals surface area (Å²) in [5.74, 6) is 0. The molecule has 0 aliphatic heterocycles. The minimum Gasteiger partial charge on any atom is -0.379 e. The van der Waals surface area contributed by atoms with E-state index in [4.69, 9.17) is 0 Å². The lowest BCUT2D eigenvalue weighted by molar-refractivity contribution is 0.163. The first-order chi connectivity index (χ1) is 7.66. The van der Waals surface area contributed by atoms with Gasteiger partial charge in [0.2, 0.25) is 0 Å². The minimum atomic E-state index is -2.35. The normalized spacial score (nSPS) is 11.0. The molecule has 0 radical (unpaired) electrons. The molecule has 1 heterocycles. The van der Waals surface area contributed by atoms with Crippen LogP contribution in [0.4, 0.5) is 14.5 Å². The molecular formula is C12H12F2N2. The van der Waals surface area contributed by atoms with E-state index in [-0.39, 0.29) is 6.54 Å². The Hall–Kier alpha value is -1.71. The van der Waals surface area contributed by atoms with Crippen molar-refractivity contribution in [2.75, 3.05) is 11.9 Å². The maximum atomic E-state index is 12.1. The number of rotatable bonds is 3. The van der Waals surface area contributed by atoms with Crippen LogP contribution in [0.25, 0.3) is 10.9 Å². The zero-order valence-electron chi connectivity index (χ0n) is 8.87. The van der Waals surface area contributed by atoms with Crippen molar-refractivity contribution < 1.29 is 8.78 Å². The van der Waals surface area contributed by atoms with Gasteiger partial charge in [0.25, 0.3) is 6.43 Å². The van der Waals surface area contributed by atoms with Crippen molar-refractivity contribution in [1.29, 1.82) is 0 Å². The fourth-order valence-corrected chi connectivity index (χ4v) is 1.64. The Morgan fingerprint density at radius 1 is 1.31 bits per heavy atom. The van der Waals surface area contributed by atoms with Crippen LogP contribution in [0.3, 0.4) is 0 Å². The van der Waals surface area contributed by atoms with Crippen molar-refractivity contribution >= 4 is 16.6 Å². The first-order valence-corrected chi connectivity index (χ1v) is 5.05. The van der Waals surface area contributed by atoms with Crippen LogP contribution < -0.4 is 5.32 Å². The highest BCUT2D eigenvalue weighted by atomic mass is 19.3. The summed E-state index contributed by atoms with van der Waals surface area (Å²) in [5, 5.41) is 3.61. The second kappa shape index (κ2) is 4.43. The summed E-state index contributed by atoms with van der Waals surface area (Å²) in [6, 6.07) is 9.27. The Balaban J connectivity index is 2.42. The van der Waals surface area contributed by atoms with Gasteiger partial charge in [0.15, 0.2) is 0 Å². The summed E-state index contributed by atoms with van der Waals surface area (Å²) in [6.07, 6.45) is -2.35. The molecule has 0 saturated carbocycles. The quantitative estimate of drug-likeness (QED) is 0.862. The lowest BCUT2D eigenvalue weighted by atomic mass is 10.1. The minimum absolute atomic E-state index is 0.340. The summed E-state index contributed by atoms with van der Waals surface area (Å²) in [5.41, 5.74) is 2.35. The maximum absolute atomic E-state index is 12.1. The molecule has 0 aliphatic rings. The van der Waals surface area contributed by atoms with E-state index in [9.17, 15) is 8.78 Å². The van der Waals surface area contributed by atoms with E-state index in [2.05, 4.69) is 10.3 Å². The van der Waals surface area contributed by atoms with Gasteiger partial charge in [0, 0.05) is 16.8 Å². The number of nitrogens with one attached hydrogen (secondary N) is 1. The maximum Gasteiger partial charge on any atom is 0.255 e. The van der Waals surface area contributed by atoms with Gasteiger partial charge in [-0.1, -0.05) is 18.2 Å². The smallest absolute Gasteiger partial charge is 0.255 e. The highest BCUT2D eigenvalue weighted by molar-refractivity contribution is 5.91. The molecule has 0 aliphatic carbocycles. The Kier molecular flexibility index (Phi) is 2.99. The number of aromatic nitrogens is 1. The number of fused-ring (bicyclic) bond motifs is 1. The average molecular weight is 222 g/mol. The molecule has 0 fully saturated rings. The fourth-order valence-electron chi connectivity index (χ4n) is 1.64. The molecule has 16 heavy (non-hydrogen) atoms. The third kappa shape index (κ3) is 2.27. The van der Waals surface area contributed by atoms with Crippen molar-refractivity contribution in [3.63, 3.8) is 0 Å². The molecule has 0 bridgehead atoms. The Bertz CT molecular complexity index is 497. The van der Waals surface area contributed by atoms with Crippen LogP contribution in [0.5, 0.6) is 0 Å². The summed E-state index contributed by atoms with van der Waals surface area (Å²) in [4.78, 5) is 4.34. The van der Waals surface area contributed by atoms with E-state index >= 15 is 0 Å². The lowest BCUT2D eigenvalue weighted by Gasteiger charge is -2.10.